The minimum atomic E-state index is -1.07. The molecule has 0 aliphatic carbocycles. The second kappa shape index (κ2) is 6.84. The van der Waals surface area contributed by atoms with E-state index in [9.17, 15) is 5.11 Å². The molecule has 8 nitrogen and oxygen atoms in total. The number of aliphatic hydroxyl groups excluding tert-OH is 1. The topological polar surface area (TPSA) is 106 Å². The number of hydrogen-bond donors (Lipinski definition) is 2. The van der Waals surface area contributed by atoms with E-state index in [1.165, 1.54) is 0 Å². The summed E-state index contributed by atoms with van der Waals surface area (Å²) in [7, 11) is 1.86. The number of aromatic nitrogens is 6. The van der Waals surface area contributed by atoms with E-state index in [0.29, 0.717) is 21.8 Å². The summed E-state index contributed by atoms with van der Waals surface area (Å²) in [5.74, 6) is 0.380. The molecule has 0 fully saturated rings. The number of H-pyrrole nitrogens is 1. The van der Waals surface area contributed by atoms with Gasteiger partial charge in [0.2, 0.25) is 11.8 Å². The summed E-state index contributed by atoms with van der Waals surface area (Å²) in [6.07, 6.45) is 6.17. The highest BCUT2D eigenvalue weighted by Crippen LogP contribution is 2.32. The van der Waals surface area contributed by atoms with Gasteiger partial charge in [0, 0.05) is 47.2 Å². The molecule has 0 aliphatic heterocycles. The van der Waals surface area contributed by atoms with E-state index in [0.717, 1.165) is 16.5 Å². The van der Waals surface area contributed by atoms with Crippen molar-refractivity contribution >= 4 is 22.6 Å². The van der Waals surface area contributed by atoms with Crippen LogP contribution in [0, 0.1) is 0 Å². The molecule has 2 N–H and O–H groups in total. The Kier molecular flexibility index (Phi) is 4.15. The predicted octanol–water partition coefficient (Wildman–Crippen LogP) is 3.75. The smallest absolute Gasteiger partial charge is 0.250 e. The maximum absolute atomic E-state index is 10.6. The largest absolute Gasteiger partial charge is 0.417 e. The summed E-state index contributed by atoms with van der Waals surface area (Å²) in [6, 6.07) is 8.88. The van der Waals surface area contributed by atoms with Gasteiger partial charge in [-0.2, -0.15) is 5.10 Å². The fraction of sp³-hybridized carbons (Fsp3) is 0.100. The number of rotatable bonds is 4. The van der Waals surface area contributed by atoms with Crippen LogP contribution in [0.4, 0.5) is 0 Å². The molecular formula is C20H15ClN6O2. The maximum Gasteiger partial charge on any atom is 0.250 e. The van der Waals surface area contributed by atoms with Gasteiger partial charge in [0.05, 0.1) is 11.8 Å². The van der Waals surface area contributed by atoms with Crippen LogP contribution in [0.1, 0.15) is 17.6 Å². The zero-order chi connectivity index (χ0) is 20.0. The normalized spacial score (nSPS) is 12.5. The molecule has 1 aromatic carbocycles. The Morgan fingerprint density at radius 1 is 1.17 bits per heavy atom. The van der Waals surface area contributed by atoms with Crippen LogP contribution in [0.5, 0.6) is 0 Å². The van der Waals surface area contributed by atoms with Crippen LogP contribution in [0.15, 0.2) is 59.5 Å². The van der Waals surface area contributed by atoms with E-state index >= 15 is 0 Å². The third-order valence-electron chi connectivity index (χ3n) is 4.64. The first-order chi connectivity index (χ1) is 14.1. The molecule has 5 rings (SSSR count). The number of nitrogens with one attached hydrogen (secondary N) is 1. The van der Waals surface area contributed by atoms with Crippen molar-refractivity contribution in [3.8, 4) is 22.6 Å². The third kappa shape index (κ3) is 3.18. The van der Waals surface area contributed by atoms with Crippen LogP contribution in [0.25, 0.3) is 33.6 Å². The molecule has 9 heteroatoms. The summed E-state index contributed by atoms with van der Waals surface area (Å²) in [5, 5.41) is 24.2. The number of benzene rings is 1. The lowest BCUT2D eigenvalue weighted by atomic mass is 10.1. The SMILES string of the molecule is Cn1cc(-c2cnc3[nH]cc(-c4nnc(C(O)c5cccc(Cl)c5)o4)c3c2)cn1. The number of halogens is 1. The standard InChI is InChI=1S/C20H15ClN6O2/c1-27-10-13(8-24-27)12-6-15-16(9-23-18(15)22-7-12)19-25-26-20(29-19)17(28)11-3-2-4-14(21)5-11/h2-10,17,28H,1H3,(H,22,23). The van der Waals surface area contributed by atoms with Gasteiger partial charge in [-0.05, 0) is 23.8 Å². The van der Waals surface area contributed by atoms with Crippen molar-refractivity contribution in [2.24, 2.45) is 7.05 Å². The Hall–Kier alpha value is -3.49. The van der Waals surface area contributed by atoms with E-state index in [2.05, 4.69) is 25.3 Å². The zero-order valence-corrected chi connectivity index (χ0v) is 16.0. The summed E-state index contributed by atoms with van der Waals surface area (Å²) in [5.41, 5.74) is 3.85. The molecule has 29 heavy (non-hydrogen) atoms. The van der Waals surface area contributed by atoms with Gasteiger partial charge in [-0.3, -0.25) is 4.68 Å². The van der Waals surface area contributed by atoms with Crippen LogP contribution in [-0.2, 0) is 7.05 Å². The fourth-order valence-electron chi connectivity index (χ4n) is 3.18. The molecule has 144 valence electrons. The van der Waals surface area contributed by atoms with Gasteiger partial charge in [0.15, 0.2) is 6.10 Å². The van der Waals surface area contributed by atoms with Crippen molar-refractivity contribution in [3.05, 3.63) is 71.6 Å². The minimum absolute atomic E-state index is 0.0907. The molecule has 0 bridgehead atoms. The Labute approximate surface area is 169 Å². The lowest BCUT2D eigenvalue weighted by molar-refractivity contribution is 0.183. The van der Waals surface area contributed by atoms with Crippen LogP contribution >= 0.6 is 11.6 Å². The van der Waals surface area contributed by atoms with Crippen LogP contribution in [0.2, 0.25) is 5.02 Å². The molecule has 5 aromatic rings. The van der Waals surface area contributed by atoms with Crippen molar-refractivity contribution in [3.63, 3.8) is 0 Å². The first-order valence-corrected chi connectivity index (χ1v) is 9.20. The molecular weight excluding hydrogens is 392 g/mol. The Bertz CT molecular complexity index is 1320. The number of nitrogens with zero attached hydrogens (tertiary/aromatic N) is 5. The molecule has 4 aromatic heterocycles. The van der Waals surface area contributed by atoms with Gasteiger partial charge in [-0.15, -0.1) is 10.2 Å². The second-order valence-corrected chi connectivity index (χ2v) is 7.06. The van der Waals surface area contributed by atoms with E-state index < -0.39 is 6.10 Å². The number of hydrogen-bond acceptors (Lipinski definition) is 6. The summed E-state index contributed by atoms with van der Waals surface area (Å²) < 4.78 is 7.50. The molecule has 0 spiro atoms. The van der Waals surface area contributed by atoms with Crippen molar-refractivity contribution in [2.45, 2.75) is 6.10 Å². The number of aryl methyl sites for hydroxylation is 1. The highest BCUT2D eigenvalue weighted by molar-refractivity contribution is 6.30. The average Bonchev–Trinajstić information content (AvgIpc) is 3.46. The average molecular weight is 407 g/mol. The van der Waals surface area contributed by atoms with Gasteiger partial charge >= 0.3 is 0 Å². The first-order valence-electron chi connectivity index (χ1n) is 8.82. The lowest BCUT2D eigenvalue weighted by Gasteiger charge is -2.06. The maximum atomic E-state index is 10.6. The molecule has 0 aliphatic rings. The van der Waals surface area contributed by atoms with Gasteiger partial charge in [0.25, 0.3) is 0 Å². The molecule has 1 unspecified atom stereocenters. The van der Waals surface area contributed by atoms with Crippen LogP contribution < -0.4 is 0 Å². The van der Waals surface area contributed by atoms with Gasteiger partial charge in [0.1, 0.15) is 5.65 Å². The number of aromatic amines is 1. The van der Waals surface area contributed by atoms with Crippen molar-refractivity contribution in [1.82, 2.24) is 29.9 Å². The van der Waals surface area contributed by atoms with Gasteiger partial charge < -0.3 is 14.5 Å². The van der Waals surface area contributed by atoms with Crippen molar-refractivity contribution < 1.29 is 9.52 Å². The third-order valence-corrected chi connectivity index (χ3v) is 4.87. The quantitative estimate of drug-likeness (QED) is 0.471. The Balaban J connectivity index is 1.53. The van der Waals surface area contributed by atoms with Gasteiger partial charge in [-0.1, -0.05) is 23.7 Å². The minimum Gasteiger partial charge on any atom is -0.417 e. The van der Waals surface area contributed by atoms with Crippen molar-refractivity contribution in [1.29, 1.82) is 0 Å². The summed E-state index contributed by atoms with van der Waals surface area (Å²) in [6.45, 7) is 0. The predicted molar refractivity (Wildman–Crippen MR) is 107 cm³/mol. The first kappa shape index (κ1) is 17.6. The highest BCUT2D eigenvalue weighted by atomic mass is 35.5. The molecule has 1 atom stereocenters. The summed E-state index contributed by atoms with van der Waals surface area (Å²) in [4.78, 5) is 7.57. The second-order valence-electron chi connectivity index (χ2n) is 6.63. The van der Waals surface area contributed by atoms with Crippen molar-refractivity contribution in [2.75, 3.05) is 0 Å². The zero-order valence-electron chi connectivity index (χ0n) is 15.2. The summed E-state index contributed by atoms with van der Waals surface area (Å²) >= 11 is 6.00. The Morgan fingerprint density at radius 3 is 2.86 bits per heavy atom. The van der Waals surface area contributed by atoms with Gasteiger partial charge in [-0.25, -0.2) is 4.98 Å². The molecule has 0 saturated heterocycles. The fourth-order valence-corrected chi connectivity index (χ4v) is 3.38. The Morgan fingerprint density at radius 2 is 2.07 bits per heavy atom. The van der Waals surface area contributed by atoms with E-state index in [-0.39, 0.29) is 11.8 Å². The van der Waals surface area contributed by atoms with E-state index in [4.69, 9.17) is 16.0 Å². The van der Waals surface area contributed by atoms with E-state index in [1.54, 1.807) is 47.5 Å². The highest BCUT2D eigenvalue weighted by Gasteiger charge is 2.21. The molecule has 0 radical (unpaired) electrons. The number of aliphatic hydroxyl groups is 1. The molecule has 0 saturated carbocycles. The monoisotopic (exact) mass is 406 g/mol. The molecule has 4 heterocycles. The van der Waals surface area contributed by atoms with Crippen LogP contribution in [-0.4, -0.2) is 35.1 Å². The lowest BCUT2D eigenvalue weighted by Crippen LogP contribution is -1.99. The number of fused-ring (bicyclic) bond motifs is 1. The van der Waals surface area contributed by atoms with Crippen LogP contribution in [0.3, 0.4) is 0 Å². The van der Waals surface area contributed by atoms with E-state index in [1.807, 2.05) is 19.3 Å². The molecule has 0 amide bonds. The number of pyridine rings is 1.